The summed E-state index contributed by atoms with van der Waals surface area (Å²) in [6, 6.07) is 9.39. The van der Waals surface area contributed by atoms with Gasteiger partial charge in [-0.25, -0.2) is 4.79 Å². The van der Waals surface area contributed by atoms with Crippen molar-refractivity contribution in [2.45, 2.75) is 70.6 Å². The van der Waals surface area contributed by atoms with Crippen molar-refractivity contribution >= 4 is 35.3 Å². The SMILES string of the molecule is C[C@@H](NC(=O)OC(C)(C)C)c1ccc2ccc(C=CC3(OC=O)CCC(=O)CC3)cc2n1. The molecule has 1 amide bonds. The fraction of sp³-hybridized carbons (Fsp3) is 0.440. The lowest BCUT2D eigenvalue weighted by Gasteiger charge is -2.32. The lowest BCUT2D eigenvalue weighted by Crippen LogP contribution is -2.35. The number of fused-ring (bicyclic) bond motifs is 1. The topological polar surface area (TPSA) is 94.6 Å². The summed E-state index contributed by atoms with van der Waals surface area (Å²) in [6.45, 7) is 7.75. The largest absolute Gasteiger partial charge is 0.457 e. The first-order valence-corrected chi connectivity index (χ1v) is 10.8. The molecule has 1 atom stereocenters. The quantitative estimate of drug-likeness (QED) is 0.646. The molecule has 1 aliphatic rings. The number of Topliss-reactive ketones (excluding diaryl/α,β-unsaturated/α-hetero) is 1. The van der Waals surface area contributed by atoms with Crippen LogP contribution in [0.15, 0.2) is 36.4 Å². The molecule has 1 saturated carbocycles. The van der Waals surface area contributed by atoms with Gasteiger partial charge in [-0.05, 0) is 64.3 Å². The molecule has 7 nitrogen and oxygen atoms in total. The highest BCUT2D eigenvalue weighted by Crippen LogP contribution is 2.32. The van der Waals surface area contributed by atoms with Crippen molar-refractivity contribution in [1.29, 1.82) is 0 Å². The minimum absolute atomic E-state index is 0.195. The van der Waals surface area contributed by atoms with Crippen molar-refractivity contribution in [3.05, 3.63) is 47.7 Å². The maximum Gasteiger partial charge on any atom is 0.408 e. The first-order valence-electron chi connectivity index (χ1n) is 10.8. The predicted molar refractivity (Wildman–Crippen MR) is 122 cm³/mol. The van der Waals surface area contributed by atoms with Gasteiger partial charge in [0.2, 0.25) is 0 Å². The Bertz CT molecular complexity index is 1030. The number of pyridine rings is 1. The van der Waals surface area contributed by atoms with Crippen LogP contribution in [0.25, 0.3) is 17.0 Å². The van der Waals surface area contributed by atoms with E-state index in [0.717, 1.165) is 22.2 Å². The van der Waals surface area contributed by atoms with E-state index < -0.39 is 17.3 Å². The minimum atomic E-state index is -0.744. The molecule has 1 aromatic heterocycles. The van der Waals surface area contributed by atoms with Gasteiger partial charge in [0.25, 0.3) is 6.47 Å². The second kappa shape index (κ2) is 9.51. The number of ether oxygens (including phenoxy) is 2. The molecule has 32 heavy (non-hydrogen) atoms. The van der Waals surface area contributed by atoms with Crippen LogP contribution in [0.3, 0.4) is 0 Å². The Morgan fingerprint density at radius 2 is 1.88 bits per heavy atom. The molecule has 170 valence electrons. The third-order valence-electron chi connectivity index (χ3n) is 5.43. The monoisotopic (exact) mass is 438 g/mol. The molecule has 0 bridgehead atoms. The fourth-order valence-corrected chi connectivity index (χ4v) is 3.67. The zero-order valence-electron chi connectivity index (χ0n) is 19.0. The zero-order chi connectivity index (χ0) is 23.4. The van der Waals surface area contributed by atoms with Crippen LogP contribution in [-0.4, -0.2) is 34.5 Å². The third-order valence-corrected chi connectivity index (χ3v) is 5.43. The molecular weight excluding hydrogens is 408 g/mol. The Labute approximate surface area is 188 Å². The average molecular weight is 439 g/mol. The van der Waals surface area contributed by atoms with E-state index in [9.17, 15) is 14.4 Å². The second-order valence-electron chi connectivity index (χ2n) is 9.21. The summed E-state index contributed by atoms with van der Waals surface area (Å²) in [7, 11) is 0. The molecule has 3 rings (SSSR count). The Balaban J connectivity index is 1.78. The van der Waals surface area contributed by atoms with Gasteiger partial charge in [-0.15, -0.1) is 0 Å². The number of amides is 1. The number of carbonyl (C=O) groups excluding carboxylic acids is 3. The van der Waals surface area contributed by atoms with E-state index in [1.165, 1.54) is 0 Å². The number of aromatic nitrogens is 1. The van der Waals surface area contributed by atoms with Gasteiger partial charge in [-0.2, -0.15) is 0 Å². The summed E-state index contributed by atoms with van der Waals surface area (Å²) >= 11 is 0. The molecule has 1 fully saturated rings. The maximum atomic E-state index is 12.1. The molecule has 0 aliphatic heterocycles. The minimum Gasteiger partial charge on any atom is -0.457 e. The van der Waals surface area contributed by atoms with E-state index in [1.807, 2.05) is 70.2 Å². The molecule has 1 aromatic carbocycles. The molecule has 2 aromatic rings. The van der Waals surface area contributed by atoms with E-state index in [4.69, 9.17) is 14.5 Å². The van der Waals surface area contributed by atoms with Gasteiger partial charge in [-0.1, -0.05) is 24.3 Å². The fourth-order valence-electron chi connectivity index (χ4n) is 3.67. The van der Waals surface area contributed by atoms with Gasteiger partial charge < -0.3 is 14.8 Å². The molecule has 0 saturated heterocycles. The Kier molecular flexibility index (Phi) is 6.96. The molecule has 0 radical (unpaired) electrons. The van der Waals surface area contributed by atoms with Gasteiger partial charge in [0.05, 0.1) is 17.3 Å². The number of benzene rings is 1. The molecule has 1 N–H and O–H groups in total. The summed E-state index contributed by atoms with van der Waals surface area (Å²) in [4.78, 5) is 39.4. The highest BCUT2D eigenvalue weighted by atomic mass is 16.6. The molecule has 1 heterocycles. The summed E-state index contributed by atoms with van der Waals surface area (Å²) in [5.41, 5.74) is 1.09. The second-order valence-corrected chi connectivity index (χ2v) is 9.21. The van der Waals surface area contributed by atoms with E-state index in [-0.39, 0.29) is 11.8 Å². The van der Waals surface area contributed by atoms with Gasteiger partial charge in [-0.3, -0.25) is 14.6 Å². The van der Waals surface area contributed by atoms with E-state index in [0.29, 0.717) is 32.2 Å². The van der Waals surface area contributed by atoms with Crippen molar-refractivity contribution in [3.8, 4) is 0 Å². The normalized spacial score (nSPS) is 17.2. The number of ketones is 1. The number of carbonyl (C=O) groups is 3. The van der Waals surface area contributed by atoms with Crippen LogP contribution in [0.4, 0.5) is 4.79 Å². The van der Waals surface area contributed by atoms with Crippen LogP contribution in [0, 0.1) is 0 Å². The van der Waals surface area contributed by atoms with Crippen molar-refractivity contribution in [2.24, 2.45) is 0 Å². The van der Waals surface area contributed by atoms with Gasteiger partial charge >= 0.3 is 6.09 Å². The smallest absolute Gasteiger partial charge is 0.408 e. The lowest BCUT2D eigenvalue weighted by atomic mass is 9.83. The number of rotatable bonds is 6. The number of nitrogens with zero attached hydrogens (tertiary/aromatic N) is 1. The third kappa shape index (κ3) is 6.15. The van der Waals surface area contributed by atoms with Crippen LogP contribution in [0.1, 0.15) is 70.7 Å². The van der Waals surface area contributed by atoms with Crippen LogP contribution in [0.5, 0.6) is 0 Å². The average Bonchev–Trinajstić information content (AvgIpc) is 2.72. The van der Waals surface area contributed by atoms with Gasteiger partial charge in [0.15, 0.2) is 0 Å². The highest BCUT2D eigenvalue weighted by molar-refractivity contribution is 5.82. The predicted octanol–water partition coefficient (Wildman–Crippen LogP) is 4.89. The van der Waals surface area contributed by atoms with Gasteiger partial charge in [0.1, 0.15) is 17.0 Å². The van der Waals surface area contributed by atoms with Crippen molar-refractivity contribution in [1.82, 2.24) is 10.3 Å². The zero-order valence-corrected chi connectivity index (χ0v) is 19.0. The lowest BCUT2D eigenvalue weighted by molar-refractivity contribution is -0.144. The molecule has 0 spiro atoms. The Morgan fingerprint density at radius 1 is 1.19 bits per heavy atom. The number of hydrogen-bond donors (Lipinski definition) is 1. The first-order chi connectivity index (χ1) is 15.1. The van der Waals surface area contributed by atoms with Crippen LogP contribution >= 0.6 is 0 Å². The van der Waals surface area contributed by atoms with Crippen molar-refractivity contribution in [2.75, 3.05) is 0 Å². The van der Waals surface area contributed by atoms with E-state index in [2.05, 4.69) is 5.32 Å². The van der Waals surface area contributed by atoms with Crippen LogP contribution in [0.2, 0.25) is 0 Å². The van der Waals surface area contributed by atoms with Gasteiger partial charge in [0, 0.05) is 18.2 Å². The first kappa shape index (κ1) is 23.4. The number of nitrogens with one attached hydrogen (secondary N) is 1. The van der Waals surface area contributed by atoms with Crippen molar-refractivity contribution in [3.63, 3.8) is 0 Å². The molecule has 0 unspecified atom stereocenters. The summed E-state index contributed by atoms with van der Waals surface area (Å²) in [6.07, 6.45) is 5.07. The number of hydrogen-bond acceptors (Lipinski definition) is 6. The van der Waals surface area contributed by atoms with Crippen LogP contribution < -0.4 is 5.32 Å². The summed E-state index contributed by atoms with van der Waals surface area (Å²) in [5, 5.41) is 3.78. The summed E-state index contributed by atoms with van der Waals surface area (Å²) in [5.74, 6) is 0.195. The molecule has 7 heteroatoms. The summed E-state index contributed by atoms with van der Waals surface area (Å²) < 4.78 is 10.7. The highest BCUT2D eigenvalue weighted by Gasteiger charge is 2.34. The maximum absolute atomic E-state index is 12.1. The Hall–Kier alpha value is -3.22. The molecule has 1 aliphatic carbocycles. The number of alkyl carbamates (subject to hydrolysis) is 1. The standard InChI is InChI=1S/C25H30N2O5/c1-17(26-23(30)32-24(2,3)4)21-8-7-19-6-5-18(15-22(19)27-21)9-12-25(31-16-28)13-10-20(29)11-14-25/h5-9,12,15-17H,10-11,13-14H2,1-4H3,(H,26,30)/t17-/m1/s1. The van der Waals surface area contributed by atoms with E-state index >= 15 is 0 Å². The van der Waals surface area contributed by atoms with E-state index in [1.54, 1.807) is 0 Å². The van der Waals surface area contributed by atoms with Crippen molar-refractivity contribution < 1.29 is 23.9 Å². The Morgan fingerprint density at radius 3 is 2.53 bits per heavy atom. The van der Waals surface area contributed by atoms with Crippen LogP contribution in [-0.2, 0) is 19.1 Å². The molecular formula is C25H30N2O5.